The average molecular weight is 489 g/mol. The topological polar surface area (TPSA) is 69.7 Å². The summed E-state index contributed by atoms with van der Waals surface area (Å²) in [5.41, 5.74) is 2.05. The Balaban J connectivity index is 1.65. The maximum absolute atomic E-state index is 13.2. The number of hydrogen-bond acceptors (Lipinski definition) is 5. The number of furan rings is 2. The summed E-state index contributed by atoms with van der Waals surface area (Å²) < 4.78 is 16.8. The van der Waals surface area contributed by atoms with Crippen LogP contribution in [0.15, 0.2) is 81.6 Å². The molecule has 5 nitrogen and oxygen atoms in total. The molecule has 0 saturated carbocycles. The van der Waals surface area contributed by atoms with E-state index in [1.165, 1.54) is 0 Å². The van der Waals surface area contributed by atoms with E-state index in [-0.39, 0.29) is 11.6 Å². The standard InChI is InChI=1S/C32H24O5/c1-17-13-24-22-9-7-20(31(33)28-11-5-18(2)36-28)14-25(22)26-15-21(32(34)29-12-6-19(3)37-29)8-10-23(26)27(24)16-30(17)35-4/h5-16H,1-4H3. The molecule has 6 aromatic rings. The van der Waals surface area contributed by atoms with Gasteiger partial charge in [-0.15, -0.1) is 0 Å². The minimum Gasteiger partial charge on any atom is -0.496 e. The van der Waals surface area contributed by atoms with E-state index in [4.69, 9.17) is 13.6 Å². The summed E-state index contributed by atoms with van der Waals surface area (Å²) in [5, 5.41) is 5.76. The van der Waals surface area contributed by atoms with Crippen molar-refractivity contribution in [1.82, 2.24) is 0 Å². The van der Waals surface area contributed by atoms with Crippen molar-refractivity contribution in [2.75, 3.05) is 7.11 Å². The molecule has 0 spiro atoms. The SMILES string of the molecule is COc1cc2c3ccc(C(=O)c4ccc(C)o4)cc3c3cc(C(=O)c4ccc(C)o4)ccc3c2cc1C. The summed E-state index contributed by atoms with van der Waals surface area (Å²) in [7, 11) is 1.66. The van der Waals surface area contributed by atoms with Gasteiger partial charge in [-0.3, -0.25) is 9.59 Å². The number of rotatable bonds is 5. The lowest BCUT2D eigenvalue weighted by molar-refractivity contribution is 0.100. The molecule has 0 bridgehead atoms. The summed E-state index contributed by atoms with van der Waals surface area (Å²) in [6.07, 6.45) is 0. The van der Waals surface area contributed by atoms with Crippen LogP contribution in [0, 0.1) is 20.8 Å². The molecular formula is C32H24O5. The van der Waals surface area contributed by atoms with Gasteiger partial charge in [0.05, 0.1) is 7.11 Å². The number of carbonyl (C=O) groups is 2. The van der Waals surface area contributed by atoms with Crippen LogP contribution in [0.5, 0.6) is 5.75 Å². The number of hydrogen-bond donors (Lipinski definition) is 0. The fraction of sp³-hybridized carbons (Fsp3) is 0.125. The Bertz CT molecular complexity index is 1880. The van der Waals surface area contributed by atoms with Gasteiger partial charge in [0, 0.05) is 11.1 Å². The summed E-state index contributed by atoms with van der Waals surface area (Å²) in [4.78, 5) is 26.5. The first-order chi connectivity index (χ1) is 17.8. The van der Waals surface area contributed by atoms with Gasteiger partial charge in [0.15, 0.2) is 11.5 Å². The van der Waals surface area contributed by atoms with E-state index in [0.717, 1.165) is 43.6 Å². The van der Waals surface area contributed by atoms with Gasteiger partial charge in [-0.2, -0.15) is 0 Å². The van der Waals surface area contributed by atoms with Gasteiger partial charge in [-0.25, -0.2) is 0 Å². The Morgan fingerprint density at radius 1 is 0.568 bits per heavy atom. The molecule has 0 unspecified atom stereocenters. The molecule has 0 amide bonds. The first-order valence-electron chi connectivity index (χ1n) is 12.0. The highest BCUT2D eigenvalue weighted by Crippen LogP contribution is 2.39. The van der Waals surface area contributed by atoms with Crippen molar-refractivity contribution in [2.24, 2.45) is 0 Å². The van der Waals surface area contributed by atoms with Crippen LogP contribution in [0.2, 0.25) is 0 Å². The normalized spacial score (nSPS) is 11.5. The number of benzene rings is 4. The quantitative estimate of drug-likeness (QED) is 0.183. The molecule has 0 N–H and O–H groups in total. The lowest BCUT2D eigenvalue weighted by Gasteiger charge is -2.15. The van der Waals surface area contributed by atoms with E-state index in [0.29, 0.717) is 34.2 Å². The molecular weight excluding hydrogens is 464 g/mol. The maximum Gasteiger partial charge on any atom is 0.228 e. The van der Waals surface area contributed by atoms with Crippen LogP contribution < -0.4 is 4.74 Å². The van der Waals surface area contributed by atoms with Crippen LogP contribution >= 0.6 is 0 Å². The molecule has 2 heterocycles. The van der Waals surface area contributed by atoms with Crippen LogP contribution in [0.1, 0.15) is 49.3 Å². The van der Waals surface area contributed by atoms with Crippen LogP contribution in [0.4, 0.5) is 0 Å². The largest absolute Gasteiger partial charge is 0.496 e. The lowest BCUT2D eigenvalue weighted by atomic mass is 9.90. The number of methoxy groups -OCH3 is 1. The third-order valence-electron chi connectivity index (χ3n) is 6.90. The average Bonchev–Trinajstić information content (AvgIpc) is 3.55. The number of ether oxygens (including phenoxy) is 1. The lowest BCUT2D eigenvalue weighted by Crippen LogP contribution is -2.01. The molecule has 0 fully saturated rings. The molecule has 182 valence electrons. The van der Waals surface area contributed by atoms with E-state index < -0.39 is 0 Å². The zero-order valence-corrected chi connectivity index (χ0v) is 21.0. The second kappa shape index (κ2) is 8.49. The Morgan fingerprint density at radius 2 is 1.03 bits per heavy atom. The van der Waals surface area contributed by atoms with E-state index in [2.05, 4.69) is 6.07 Å². The van der Waals surface area contributed by atoms with Crippen molar-refractivity contribution in [2.45, 2.75) is 20.8 Å². The van der Waals surface area contributed by atoms with E-state index >= 15 is 0 Å². The van der Waals surface area contributed by atoms with Crippen LogP contribution in [0.25, 0.3) is 32.3 Å². The van der Waals surface area contributed by atoms with Gasteiger partial charge in [-0.1, -0.05) is 24.3 Å². The first-order valence-corrected chi connectivity index (χ1v) is 12.0. The first kappa shape index (κ1) is 22.8. The van der Waals surface area contributed by atoms with E-state index in [9.17, 15) is 9.59 Å². The summed E-state index contributed by atoms with van der Waals surface area (Å²) in [5.74, 6) is 2.37. The third kappa shape index (κ3) is 3.71. The molecule has 5 heteroatoms. The fourth-order valence-electron chi connectivity index (χ4n) is 5.04. The minimum atomic E-state index is -0.192. The summed E-state index contributed by atoms with van der Waals surface area (Å²) in [6.45, 7) is 5.64. The van der Waals surface area contributed by atoms with Crippen molar-refractivity contribution in [3.63, 3.8) is 0 Å². The monoisotopic (exact) mass is 488 g/mol. The molecule has 0 radical (unpaired) electrons. The van der Waals surface area contributed by atoms with E-state index in [1.807, 2.05) is 63.2 Å². The third-order valence-corrected chi connectivity index (χ3v) is 6.90. The smallest absolute Gasteiger partial charge is 0.228 e. The molecule has 0 aliphatic carbocycles. The van der Waals surface area contributed by atoms with Gasteiger partial charge in [-0.05, 0) is 107 Å². The zero-order chi connectivity index (χ0) is 25.8. The highest BCUT2D eigenvalue weighted by molar-refractivity contribution is 6.27. The number of carbonyl (C=O) groups excluding carboxylic acids is 2. The van der Waals surface area contributed by atoms with E-state index in [1.54, 1.807) is 31.4 Å². The van der Waals surface area contributed by atoms with Gasteiger partial charge < -0.3 is 13.6 Å². The minimum absolute atomic E-state index is 0.188. The summed E-state index contributed by atoms with van der Waals surface area (Å²) in [6, 6.07) is 22.4. The van der Waals surface area contributed by atoms with Gasteiger partial charge in [0.2, 0.25) is 11.6 Å². The molecule has 0 aliphatic heterocycles. The Kier molecular flexibility index (Phi) is 5.23. The second-order valence-electron chi connectivity index (χ2n) is 9.37. The maximum atomic E-state index is 13.2. The van der Waals surface area contributed by atoms with Crippen molar-refractivity contribution in [1.29, 1.82) is 0 Å². The van der Waals surface area contributed by atoms with Gasteiger partial charge in [0.1, 0.15) is 17.3 Å². The highest BCUT2D eigenvalue weighted by atomic mass is 16.5. The van der Waals surface area contributed by atoms with Crippen molar-refractivity contribution < 1.29 is 23.2 Å². The molecule has 4 aromatic carbocycles. The van der Waals surface area contributed by atoms with Crippen molar-refractivity contribution in [3.05, 3.63) is 113 Å². The molecule has 37 heavy (non-hydrogen) atoms. The Labute approximate surface area is 213 Å². The Hall–Kier alpha value is -4.64. The van der Waals surface area contributed by atoms with Crippen LogP contribution in [-0.2, 0) is 0 Å². The number of ketones is 2. The second-order valence-corrected chi connectivity index (χ2v) is 9.37. The molecule has 0 saturated heterocycles. The van der Waals surface area contributed by atoms with Crippen molar-refractivity contribution >= 4 is 43.9 Å². The highest BCUT2D eigenvalue weighted by Gasteiger charge is 2.19. The molecule has 2 aromatic heterocycles. The van der Waals surface area contributed by atoms with Crippen LogP contribution in [-0.4, -0.2) is 18.7 Å². The zero-order valence-electron chi connectivity index (χ0n) is 21.0. The molecule has 0 aliphatic rings. The van der Waals surface area contributed by atoms with Crippen molar-refractivity contribution in [3.8, 4) is 5.75 Å². The Morgan fingerprint density at radius 3 is 1.46 bits per heavy atom. The predicted octanol–water partition coefficient (Wildman–Crippen LogP) is 7.73. The predicted molar refractivity (Wildman–Crippen MR) is 144 cm³/mol. The number of fused-ring (bicyclic) bond motifs is 6. The van der Waals surface area contributed by atoms with Crippen LogP contribution in [0.3, 0.4) is 0 Å². The molecule has 6 rings (SSSR count). The van der Waals surface area contributed by atoms with Gasteiger partial charge in [0.25, 0.3) is 0 Å². The number of aryl methyl sites for hydroxylation is 3. The van der Waals surface area contributed by atoms with Gasteiger partial charge >= 0.3 is 0 Å². The molecule has 0 atom stereocenters. The summed E-state index contributed by atoms with van der Waals surface area (Å²) >= 11 is 0. The fourth-order valence-corrected chi connectivity index (χ4v) is 5.04.